The number of hydrogen-bond acceptors (Lipinski definition) is 4. The fraction of sp³-hybridized carbons (Fsp3) is 0.235. The van der Waals surface area contributed by atoms with Crippen molar-refractivity contribution >= 4 is 17.6 Å². The fourth-order valence-corrected chi connectivity index (χ4v) is 3.30. The van der Waals surface area contributed by atoms with Crippen LogP contribution >= 0.6 is 0 Å². The Morgan fingerprint density at radius 3 is 2.70 bits per heavy atom. The summed E-state index contributed by atoms with van der Waals surface area (Å²) in [4.78, 5) is 15.8. The number of pyridine rings is 1. The van der Waals surface area contributed by atoms with Crippen molar-refractivity contribution in [2.75, 3.05) is 5.73 Å². The molecule has 4 rings (SSSR count). The molecule has 0 amide bonds. The summed E-state index contributed by atoms with van der Waals surface area (Å²) in [5.74, 6) is -0.983. The van der Waals surface area contributed by atoms with Crippen molar-refractivity contribution in [2.45, 2.75) is 25.7 Å². The van der Waals surface area contributed by atoms with Gasteiger partial charge in [-0.05, 0) is 54.5 Å². The van der Waals surface area contributed by atoms with Crippen molar-refractivity contribution in [3.05, 3.63) is 47.2 Å². The Kier molecular flexibility index (Phi) is 3.04. The van der Waals surface area contributed by atoms with E-state index < -0.39 is 5.97 Å². The van der Waals surface area contributed by atoms with E-state index in [1.54, 1.807) is 12.1 Å². The fourth-order valence-electron chi connectivity index (χ4n) is 3.30. The molecule has 0 radical (unpaired) electrons. The zero-order valence-corrected chi connectivity index (χ0v) is 12.5. The van der Waals surface area contributed by atoms with Crippen LogP contribution in [-0.2, 0) is 12.8 Å². The Hall–Kier alpha value is -2.89. The van der Waals surface area contributed by atoms with Gasteiger partial charge in [-0.2, -0.15) is 4.98 Å². The molecule has 2 heterocycles. The van der Waals surface area contributed by atoms with Crippen LogP contribution in [0.1, 0.15) is 34.5 Å². The Morgan fingerprint density at radius 2 is 1.91 bits per heavy atom. The van der Waals surface area contributed by atoms with E-state index in [1.165, 1.54) is 28.5 Å². The molecule has 116 valence electrons. The number of carboxylic acid groups (broad SMARTS) is 1. The summed E-state index contributed by atoms with van der Waals surface area (Å²) in [6, 6.07) is 9.71. The van der Waals surface area contributed by atoms with Crippen molar-refractivity contribution < 1.29 is 9.90 Å². The monoisotopic (exact) mass is 308 g/mol. The maximum Gasteiger partial charge on any atom is 0.355 e. The van der Waals surface area contributed by atoms with Gasteiger partial charge in [-0.25, -0.2) is 9.31 Å². The zero-order valence-electron chi connectivity index (χ0n) is 12.5. The minimum atomic E-state index is -1.05. The first-order chi connectivity index (χ1) is 11.1. The number of nitrogen functional groups attached to an aromatic ring is 1. The number of rotatable bonds is 2. The Bertz CT molecular complexity index is 930. The molecule has 2 aromatic heterocycles. The maximum absolute atomic E-state index is 11.8. The second-order valence-electron chi connectivity index (χ2n) is 5.83. The van der Waals surface area contributed by atoms with Gasteiger partial charge >= 0.3 is 5.97 Å². The van der Waals surface area contributed by atoms with Crippen molar-refractivity contribution in [2.24, 2.45) is 0 Å². The van der Waals surface area contributed by atoms with E-state index in [2.05, 4.69) is 22.2 Å². The summed E-state index contributed by atoms with van der Waals surface area (Å²) in [6.45, 7) is 0. The number of carbonyl (C=O) groups is 1. The average molecular weight is 308 g/mol. The standard InChI is InChI=1S/C17H16N4O2/c18-17-19-14-8-7-13(15(16(22)23)21(14)20-17)12-6-5-10-3-1-2-4-11(10)9-12/h5-9H,1-4H2,(H2,18,20)(H,22,23). The van der Waals surface area contributed by atoms with Crippen LogP contribution < -0.4 is 5.73 Å². The molecular weight excluding hydrogens is 292 g/mol. The number of nitrogens with two attached hydrogens (primary N) is 1. The first kappa shape index (κ1) is 13.8. The number of aromatic carboxylic acids is 1. The lowest BCUT2D eigenvalue weighted by atomic mass is 9.89. The third-order valence-corrected chi connectivity index (χ3v) is 4.38. The summed E-state index contributed by atoms with van der Waals surface area (Å²) in [5, 5.41) is 13.7. The molecule has 0 fully saturated rings. The van der Waals surface area contributed by atoms with Gasteiger partial charge in [0.1, 0.15) is 0 Å². The van der Waals surface area contributed by atoms with Gasteiger partial charge in [0.2, 0.25) is 5.95 Å². The van der Waals surface area contributed by atoms with Gasteiger partial charge in [0.25, 0.3) is 0 Å². The van der Waals surface area contributed by atoms with Crippen molar-refractivity contribution in [1.82, 2.24) is 14.6 Å². The SMILES string of the molecule is Nc1nc2ccc(-c3ccc4c(c3)CCCC4)c(C(=O)O)n2n1. The molecule has 0 saturated carbocycles. The number of aromatic nitrogens is 3. The van der Waals surface area contributed by atoms with Crippen LogP contribution in [0.4, 0.5) is 5.95 Å². The Morgan fingerprint density at radius 1 is 1.13 bits per heavy atom. The van der Waals surface area contributed by atoms with Crippen molar-refractivity contribution in [1.29, 1.82) is 0 Å². The van der Waals surface area contributed by atoms with E-state index in [0.717, 1.165) is 18.4 Å². The molecule has 0 atom stereocenters. The van der Waals surface area contributed by atoms with E-state index >= 15 is 0 Å². The largest absolute Gasteiger partial charge is 0.476 e. The highest BCUT2D eigenvalue weighted by Gasteiger charge is 2.19. The second kappa shape index (κ2) is 5.08. The van der Waals surface area contributed by atoms with Crippen LogP contribution in [0.25, 0.3) is 16.8 Å². The predicted molar refractivity (Wildman–Crippen MR) is 86.4 cm³/mol. The molecule has 1 aromatic carbocycles. The number of carboxylic acids is 1. The van der Waals surface area contributed by atoms with E-state index in [0.29, 0.717) is 11.2 Å². The first-order valence-corrected chi connectivity index (χ1v) is 7.64. The van der Waals surface area contributed by atoms with Gasteiger partial charge in [0, 0.05) is 5.56 Å². The zero-order chi connectivity index (χ0) is 16.0. The normalized spacial score (nSPS) is 13.9. The van der Waals surface area contributed by atoms with Crippen molar-refractivity contribution in [3.8, 4) is 11.1 Å². The molecule has 0 aliphatic heterocycles. The molecule has 6 heteroatoms. The third kappa shape index (κ3) is 2.23. The van der Waals surface area contributed by atoms with Gasteiger partial charge in [-0.3, -0.25) is 0 Å². The Labute approximate surface area is 132 Å². The highest BCUT2D eigenvalue weighted by atomic mass is 16.4. The minimum absolute atomic E-state index is 0.0649. The molecular formula is C17H16N4O2. The van der Waals surface area contributed by atoms with Crippen LogP contribution in [0.5, 0.6) is 0 Å². The summed E-state index contributed by atoms with van der Waals surface area (Å²) in [5.41, 5.74) is 10.3. The van der Waals surface area contributed by atoms with Crippen LogP contribution in [0.3, 0.4) is 0 Å². The molecule has 0 bridgehead atoms. The topological polar surface area (TPSA) is 93.5 Å². The maximum atomic E-state index is 11.8. The number of anilines is 1. The third-order valence-electron chi connectivity index (χ3n) is 4.38. The highest BCUT2D eigenvalue weighted by molar-refractivity contribution is 5.95. The van der Waals surface area contributed by atoms with Gasteiger partial charge in [0.05, 0.1) is 0 Å². The number of aryl methyl sites for hydroxylation is 2. The summed E-state index contributed by atoms with van der Waals surface area (Å²) in [7, 11) is 0. The van der Waals surface area contributed by atoms with Gasteiger partial charge in [-0.1, -0.05) is 18.2 Å². The van der Waals surface area contributed by atoms with Crippen LogP contribution in [-0.4, -0.2) is 25.7 Å². The summed E-state index contributed by atoms with van der Waals surface area (Å²) in [6.07, 6.45) is 4.54. The average Bonchev–Trinajstić information content (AvgIpc) is 2.93. The molecule has 1 aliphatic carbocycles. The van der Waals surface area contributed by atoms with E-state index in [1.807, 2.05) is 6.07 Å². The van der Waals surface area contributed by atoms with Gasteiger partial charge in [-0.15, -0.1) is 5.10 Å². The lowest BCUT2D eigenvalue weighted by Crippen LogP contribution is -2.09. The number of nitrogens with zero attached hydrogens (tertiary/aromatic N) is 3. The lowest BCUT2D eigenvalue weighted by molar-refractivity contribution is 0.0688. The molecule has 0 saturated heterocycles. The number of fused-ring (bicyclic) bond motifs is 2. The number of benzene rings is 1. The molecule has 23 heavy (non-hydrogen) atoms. The van der Waals surface area contributed by atoms with E-state index in [9.17, 15) is 9.90 Å². The van der Waals surface area contributed by atoms with E-state index in [4.69, 9.17) is 5.73 Å². The lowest BCUT2D eigenvalue weighted by Gasteiger charge is -2.17. The Balaban J connectivity index is 1.94. The molecule has 3 N–H and O–H groups in total. The van der Waals surface area contributed by atoms with Crippen LogP contribution in [0.15, 0.2) is 30.3 Å². The molecule has 0 spiro atoms. The summed E-state index contributed by atoms with van der Waals surface area (Å²) < 4.78 is 1.30. The second-order valence-corrected chi connectivity index (χ2v) is 5.83. The van der Waals surface area contributed by atoms with Gasteiger partial charge < -0.3 is 10.8 Å². The van der Waals surface area contributed by atoms with Crippen molar-refractivity contribution in [3.63, 3.8) is 0 Å². The molecule has 6 nitrogen and oxygen atoms in total. The quantitative estimate of drug-likeness (QED) is 0.759. The smallest absolute Gasteiger partial charge is 0.355 e. The first-order valence-electron chi connectivity index (χ1n) is 7.64. The summed E-state index contributed by atoms with van der Waals surface area (Å²) >= 11 is 0. The molecule has 3 aromatic rings. The highest BCUT2D eigenvalue weighted by Crippen LogP contribution is 2.30. The molecule has 1 aliphatic rings. The minimum Gasteiger partial charge on any atom is -0.476 e. The molecule has 0 unspecified atom stereocenters. The predicted octanol–water partition coefficient (Wildman–Crippen LogP) is 2.56. The van der Waals surface area contributed by atoms with Crippen LogP contribution in [0, 0.1) is 0 Å². The van der Waals surface area contributed by atoms with E-state index in [-0.39, 0.29) is 11.6 Å². The van der Waals surface area contributed by atoms with Crippen LogP contribution in [0.2, 0.25) is 0 Å². The number of hydrogen-bond donors (Lipinski definition) is 2. The van der Waals surface area contributed by atoms with Gasteiger partial charge in [0.15, 0.2) is 11.3 Å².